The number of benzene rings is 1. The molecule has 0 spiro atoms. The van der Waals surface area contributed by atoms with Crippen molar-refractivity contribution in [2.24, 2.45) is 0 Å². The smallest absolute Gasteiger partial charge is 0.272 e. The van der Waals surface area contributed by atoms with E-state index < -0.39 is 0 Å². The lowest BCUT2D eigenvalue weighted by Crippen LogP contribution is -2.48. The van der Waals surface area contributed by atoms with Crippen molar-refractivity contribution < 1.29 is 14.0 Å². The second kappa shape index (κ2) is 7.03. The predicted octanol–water partition coefficient (Wildman–Crippen LogP) is 1.27. The predicted molar refractivity (Wildman–Crippen MR) is 85.3 cm³/mol. The zero-order chi connectivity index (χ0) is 16.9. The van der Waals surface area contributed by atoms with E-state index in [4.69, 9.17) is 0 Å². The molecule has 0 bridgehead atoms. The summed E-state index contributed by atoms with van der Waals surface area (Å²) in [7, 11) is 0. The van der Waals surface area contributed by atoms with Gasteiger partial charge >= 0.3 is 0 Å². The second-order valence-corrected chi connectivity index (χ2v) is 5.36. The van der Waals surface area contributed by atoms with Crippen LogP contribution in [0.5, 0.6) is 0 Å². The Labute approximate surface area is 138 Å². The Morgan fingerprint density at radius 1 is 1.17 bits per heavy atom. The summed E-state index contributed by atoms with van der Waals surface area (Å²) in [6.45, 7) is 1.95. The van der Waals surface area contributed by atoms with Crippen LogP contribution in [0.3, 0.4) is 0 Å². The summed E-state index contributed by atoms with van der Waals surface area (Å²) in [4.78, 5) is 34.5. The van der Waals surface area contributed by atoms with Gasteiger partial charge in [-0.1, -0.05) is 6.07 Å². The van der Waals surface area contributed by atoms with E-state index in [1.54, 1.807) is 21.9 Å². The maximum absolute atomic E-state index is 13.2. The molecule has 3 rings (SSSR count). The van der Waals surface area contributed by atoms with E-state index in [0.29, 0.717) is 37.7 Å². The first-order chi connectivity index (χ1) is 11.7. The number of halogens is 1. The van der Waals surface area contributed by atoms with Gasteiger partial charge in [0.25, 0.3) is 5.91 Å². The minimum atomic E-state index is -0.363. The molecule has 1 aromatic carbocycles. The molecule has 7 nitrogen and oxygen atoms in total. The first-order valence-electron chi connectivity index (χ1n) is 7.49. The fourth-order valence-corrected chi connectivity index (χ4v) is 2.45. The number of hydrogen-bond acceptors (Lipinski definition) is 5. The van der Waals surface area contributed by atoms with E-state index >= 15 is 0 Å². The molecule has 0 saturated carbocycles. The summed E-state index contributed by atoms with van der Waals surface area (Å²) in [6.07, 6.45) is 2.07. The van der Waals surface area contributed by atoms with Gasteiger partial charge < -0.3 is 15.1 Å². The Kier molecular flexibility index (Phi) is 4.64. The summed E-state index contributed by atoms with van der Waals surface area (Å²) in [5.41, 5.74) is 0.787. The van der Waals surface area contributed by atoms with Crippen molar-refractivity contribution in [3.05, 3.63) is 48.2 Å². The number of carbonyl (C=O) groups is 2. The molecule has 0 aliphatic carbocycles. The number of nitrogens with one attached hydrogen (secondary N) is 1. The van der Waals surface area contributed by atoms with Crippen molar-refractivity contribution >= 4 is 23.8 Å². The average Bonchev–Trinajstić information content (AvgIpc) is 2.61. The Balaban J connectivity index is 1.71. The fourth-order valence-electron chi connectivity index (χ4n) is 2.45. The van der Waals surface area contributed by atoms with Crippen LogP contribution in [0, 0.1) is 5.82 Å². The van der Waals surface area contributed by atoms with Crippen LogP contribution in [-0.4, -0.2) is 58.3 Å². The van der Waals surface area contributed by atoms with Gasteiger partial charge in [0.2, 0.25) is 6.41 Å². The van der Waals surface area contributed by atoms with Crippen molar-refractivity contribution in [3.8, 4) is 0 Å². The van der Waals surface area contributed by atoms with Crippen LogP contribution < -0.4 is 5.32 Å². The highest BCUT2D eigenvalue weighted by Crippen LogP contribution is 2.16. The molecule has 1 fully saturated rings. The molecule has 0 unspecified atom stereocenters. The largest absolute Gasteiger partial charge is 0.342 e. The molecule has 2 amide bonds. The number of carbonyl (C=O) groups excluding carboxylic acids is 2. The topological polar surface area (TPSA) is 78.4 Å². The van der Waals surface area contributed by atoms with Crippen LogP contribution in [-0.2, 0) is 4.79 Å². The second-order valence-electron chi connectivity index (χ2n) is 5.36. The van der Waals surface area contributed by atoms with Gasteiger partial charge in [0.1, 0.15) is 23.7 Å². The highest BCUT2D eigenvalue weighted by Gasteiger charge is 2.22. The number of rotatable bonds is 4. The monoisotopic (exact) mass is 329 g/mol. The summed E-state index contributed by atoms with van der Waals surface area (Å²) >= 11 is 0. The molecule has 124 valence electrons. The standard InChI is InChI=1S/C16H16FN5O2/c17-12-2-1-3-13(8-12)20-15-9-14(18-10-19-15)16(24)22-6-4-21(11-23)5-7-22/h1-3,8-11H,4-7H2,(H,18,19,20). The average molecular weight is 329 g/mol. The Hall–Kier alpha value is -3.03. The van der Waals surface area contributed by atoms with E-state index in [1.165, 1.54) is 24.5 Å². The molecule has 1 aliphatic heterocycles. The minimum Gasteiger partial charge on any atom is -0.342 e. The summed E-state index contributed by atoms with van der Waals surface area (Å²) in [5.74, 6) is -0.172. The van der Waals surface area contributed by atoms with Crippen molar-refractivity contribution in [1.29, 1.82) is 0 Å². The molecule has 1 aliphatic rings. The first kappa shape index (κ1) is 15.9. The molecule has 8 heteroatoms. The normalized spacial score (nSPS) is 14.4. The number of aromatic nitrogens is 2. The van der Waals surface area contributed by atoms with Gasteiger partial charge in [0.15, 0.2) is 0 Å². The number of amides is 2. The van der Waals surface area contributed by atoms with Gasteiger partial charge in [-0.15, -0.1) is 0 Å². The summed E-state index contributed by atoms with van der Waals surface area (Å²) in [6, 6.07) is 7.49. The van der Waals surface area contributed by atoms with Crippen LogP contribution in [0.1, 0.15) is 10.5 Å². The highest BCUT2D eigenvalue weighted by atomic mass is 19.1. The van der Waals surface area contributed by atoms with Crippen molar-refractivity contribution in [3.63, 3.8) is 0 Å². The van der Waals surface area contributed by atoms with E-state index in [-0.39, 0.29) is 17.4 Å². The lowest BCUT2D eigenvalue weighted by molar-refractivity contribution is -0.119. The van der Waals surface area contributed by atoms with Crippen LogP contribution in [0.2, 0.25) is 0 Å². The molecule has 1 saturated heterocycles. The Morgan fingerprint density at radius 3 is 2.67 bits per heavy atom. The Morgan fingerprint density at radius 2 is 1.96 bits per heavy atom. The van der Waals surface area contributed by atoms with Crippen molar-refractivity contribution in [2.75, 3.05) is 31.5 Å². The first-order valence-corrected chi connectivity index (χ1v) is 7.49. The molecular weight excluding hydrogens is 313 g/mol. The van der Waals surface area contributed by atoms with E-state index in [1.807, 2.05) is 0 Å². The molecular formula is C16H16FN5O2. The number of piperazine rings is 1. The summed E-state index contributed by atoms with van der Waals surface area (Å²) < 4.78 is 13.2. The highest BCUT2D eigenvalue weighted by molar-refractivity contribution is 5.93. The van der Waals surface area contributed by atoms with Gasteiger partial charge in [-0.25, -0.2) is 14.4 Å². The molecule has 0 radical (unpaired) electrons. The quantitative estimate of drug-likeness (QED) is 0.855. The van der Waals surface area contributed by atoms with Crippen molar-refractivity contribution in [2.45, 2.75) is 0 Å². The molecule has 0 atom stereocenters. The van der Waals surface area contributed by atoms with Crippen molar-refractivity contribution in [1.82, 2.24) is 19.8 Å². The fraction of sp³-hybridized carbons (Fsp3) is 0.250. The lowest BCUT2D eigenvalue weighted by atomic mass is 10.2. The third-order valence-electron chi connectivity index (χ3n) is 3.73. The maximum Gasteiger partial charge on any atom is 0.272 e. The SMILES string of the molecule is O=CN1CCN(C(=O)c2cc(Nc3cccc(F)c3)ncn2)CC1. The Bertz CT molecular complexity index is 747. The number of anilines is 2. The van der Waals surface area contributed by atoms with E-state index in [2.05, 4.69) is 15.3 Å². The summed E-state index contributed by atoms with van der Waals surface area (Å²) in [5, 5.41) is 2.94. The van der Waals surface area contributed by atoms with Gasteiger partial charge in [-0.3, -0.25) is 9.59 Å². The maximum atomic E-state index is 13.2. The minimum absolute atomic E-state index is 0.217. The zero-order valence-corrected chi connectivity index (χ0v) is 12.9. The zero-order valence-electron chi connectivity index (χ0n) is 12.9. The molecule has 1 N–H and O–H groups in total. The molecule has 2 aromatic rings. The molecule has 1 aromatic heterocycles. The van der Waals surface area contributed by atoms with Crippen LogP contribution in [0.4, 0.5) is 15.9 Å². The van der Waals surface area contributed by atoms with Gasteiger partial charge in [-0.05, 0) is 18.2 Å². The number of hydrogen-bond donors (Lipinski definition) is 1. The van der Waals surface area contributed by atoms with Crippen LogP contribution in [0.15, 0.2) is 36.7 Å². The third kappa shape index (κ3) is 3.65. The molecule has 24 heavy (non-hydrogen) atoms. The van der Waals surface area contributed by atoms with Gasteiger partial charge in [-0.2, -0.15) is 0 Å². The lowest BCUT2D eigenvalue weighted by Gasteiger charge is -2.32. The third-order valence-corrected chi connectivity index (χ3v) is 3.73. The van der Waals surface area contributed by atoms with Crippen LogP contribution in [0.25, 0.3) is 0 Å². The van der Waals surface area contributed by atoms with Gasteiger partial charge in [0.05, 0.1) is 0 Å². The van der Waals surface area contributed by atoms with E-state index in [0.717, 1.165) is 6.41 Å². The van der Waals surface area contributed by atoms with E-state index in [9.17, 15) is 14.0 Å². The molecule has 2 heterocycles. The van der Waals surface area contributed by atoms with Gasteiger partial charge in [0, 0.05) is 37.9 Å². The van der Waals surface area contributed by atoms with Crippen LogP contribution >= 0.6 is 0 Å². The number of nitrogens with zero attached hydrogens (tertiary/aromatic N) is 4.